The summed E-state index contributed by atoms with van der Waals surface area (Å²) in [6.07, 6.45) is 4.84. The molecule has 2 fully saturated rings. The highest BCUT2D eigenvalue weighted by Gasteiger charge is 2.33. The normalized spacial score (nSPS) is 25.8. The Balaban J connectivity index is 1.82. The average molecular weight is 295 g/mol. The Hall–Kier alpha value is -1.26. The molecule has 5 nitrogen and oxygen atoms in total. The van der Waals surface area contributed by atoms with Gasteiger partial charge in [0.1, 0.15) is 0 Å². The number of likely N-dealkylation sites (tertiary alicyclic amines) is 1. The van der Waals surface area contributed by atoms with Gasteiger partial charge in [0.25, 0.3) is 0 Å². The number of nitrogens with zero attached hydrogens (tertiary/aromatic N) is 1. The van der Waals surface area contributed by atoms with E-state index < -0.39 is 0 Å². The Bertz CT molecular complexity index is 380. The standard InChI is InChI=1S/C16H29N3O2/c1-4-12-10-19(16(21)17-11(2)3)8-7-13(12)9-15(20)18-14-5-6-14/h11-14H,4-10H2,1-3H3,(H,17,21)(H,18,20). The topological polar surface area (TPSA) is 61.4 Å². The number of carbonyl (C=O) groups is 2. The molecular weight excluding hydrogens is 266 g/mol. The molecular formula is C16H29N3O2. The van der Waals surface area contributed by atoms with E-state index in [1.807, 2.05) is 18.7 Å². The van der Waals surface area contributed by atoms with Crippen molar-refractivity contribution in [3.63, 3.8) is 0 Å². The quantitative estimate of drug-likeness (QED) is 0.816. The zero-order valence-corrected chi connectivity index (χ0v) is 13.5. The van der Waals surface area contributed by atoms with Crippen molar-refractivity contribution in [3.05, 3.63) is 0 Å². The fraction of sp³-hybridized carbons (Fsp3) is 0.875. The van der Waals surface area contributed by atoms with Gasteiger partial charge in [-0.3, -0.25) is 4.79 Å². The molecule has 21 heavy (non-hydrogen) atoms. The van der Waals surface area contributed by atoms with Crippen molar-refractivity contribution in [1.29, 1.82) is 0 Å². The molecule has 2 unspecified atom stereocenters. The van der Waals surface area contributed by atoms with Crippen LogP contribution in [0.5, 0.6) is 0 Å². The smallest absolute Gasteiger partial charge is 0.317 e. The van der Waals surface area contributed by atoms with Crippen molar-refractivity contribution >= 4 is 11.9 Å². The number of amides is 3. The maximum absolute atomic E-state index is 12.1. The number of hydrogen-bond acceptors (Lipinski definition) is 2. The number of urea groups is 1. The van der Waals surface area contributed by atoms with E-state index in [1.165, 1.54) is 0 Å². The molecule has 1 aliphatic heterocycles. The molecule has 0 aromatic heterocycles. The Labute approximate surface area is 127 Å². The van der Waals surface area contributed by atoms with Crippen molar-refractivity contribution < 1.29 is 9.59 Å². The SMILES string of the molecule is CCC1CN(C(=O)NC(C)C)CCC1CC(=O)NC1CC1. The second kappa shape index (κ2) is 7.14. The third-order valence-electron chi connectivity index (χ3n) is 4.51. The van der Waals surface area contributed by atoms with Gasteiger partial charge in [0.05, 0.1) is 0 Å². The zero-order chi connectivity index (χ0) is 15.4. The summed E-state index contributed by atoms with van der Waals surface area (Å²) in [6, 6.07) is 0.637. The van der Waals surface area contributed by atoms with Crippen LogP contribution >= 0.6 is 0 Å². The van der Waals surface area contributed by atoms with E-state index in [-0.39, 0.29) is 18.0 Å². The molecule has 0 aromatic carbocycles. The molecule has 5 heteroatoms. The average Bonchev–Trinajstić information content (AvgIpc) is 3.22. The first-order valence-corrected chi connectivity index (χ1v) is 8.34. The summed E-state index contributed by atoms with van der Waals surface area (Å²) in [4.78, 5) is 26.0. The monoisotopic (exact) mass is 295 g/mol. The summed E-state index contributed by atoms with van der Waals surface area (Å²) < 4.78 is 0. The van der Waals surface area contributed by atoms with E-state index in [2.05, 4.69) is 17.6 Å². The maximum atomic E-state index is 12.1. The van der Waals surface area contributed by atoms with Gasteiger partial charge < -0.3 is 15.5 Å². The molecule has 0 aromatic rings. The van der Waals surface area contributed by atoms with Crippen LogP contribution in [0.2, 0.25) is 0 Å². The summed E-state index contributed by atoms with van der Waals surface area (Å²) in [5, 5.41) is 6.03. The highest BCUT2D eigenvalue weighted by atomic mass is 16.2. The van der Waals surface area contributed by atoms with Gasteiger partial charge in [0.2, 0.25) is 5.91 Å². The van der Waals surface area contributed by atoms with Crippen LogP contribution in [-0.4, -0.2) is 42.0 Å². The van der Waals surface area contributed by atoms with Gasteiger partial charge in [0, 0.05) is 31.6 Å². The van der Waals surface area contributed by atoms with Gasteiger partial charge >= 0.3 is 6.03 Å². The lowest BCUT2D eigenvalue weighted by Crippen LogP contribution is -2.50. The number of piperidine rings is 1. The first-order valence-electron chi connectivity index (χ1n) is 8.34. The fourth-order valence-corrected chi connectivity index (χ4v) is 3.09. The summed E-state index contributed by atoms with van der Waals surface area (Å²) in [5.41, 5.74) is 0. The number of hydrogen-bond donors (Lipinski definition) is 2. The third-order valence-corrected chi connectivity index (χ3v) is 4.51. The summed E-state index contributed by atoms with van der Waals surface area (Å²) >= 11 is 0. The van der Waals surface area contributed by atoms with Crippen LogP contribution in [0.15, 0.2) is 0 Å². The second-order valence-corrected chi connectivity index (χ2v) is 6.81. The van der Waals surface area contributed by atoms with Crippen molar-refractivity contribution in [2.24, 2.45) is 11.8 Å². The van der Waals surface area contributed by atoms with E-state index in [9.17, 15) is 9.59 Å². The summed E-state index contributed by atoms with van der Waals surface area (Å²) in [5.74, 6) is 1.04. The molecule has 120 valence electrons. The predicted molar refractivity (Wildman–Crippen MR) is 82.9 cm³/mol. The van der Waals surface area contributed by atoms with Crippen LogP contribution < -0.4 is 10.6 Å². The zero-order valence-electron chi connectivity index (χ0n) is 13.5. The molecule has 1 heterocycles. The Morgan fingerprint density at radius 1 is 1.19 bits per heavy atom. The van der Waals surface area contributed by atoms with E-state index in [0.717, 1.165) is 38.8 Å². The predicted octanol–water partition coefficient (Wildman–Crippen LogP) is 2.12. The molecule has 1 saturated heterocycles. The molecule has 2 aliphatic rings. The van der Waals surface area contributed by atoms with Crippen LogP contribution in [0.1, 0.15) is 52.9 Å². The van der Waals surface area contributed by atoms with Crippen molar-refractivity contribution in [1.82, 2.24) is 15.5 Å². The van der Waals surface area contributed by atoms with Gasteiger partial charge in [-0.1, -0.05) is 13.3 Å². The molecule has 0 bridgehead atoms. The lowest BCUT2D eigenvalue weighted by Gasteiger charge is -2.38. The first-order chi connectivity index (χ1) is 9.99. The highest BCUT2D eigenvalue weighted by Crippen LogP contribution is 2.29. The van der Waals surface area contributed by atoms with Crippen LogP contribution in [0.3, 0.4) is 0 Å². The number of rotatable bonds is 5. The minimum Gasteiger partial charge on any atom is -0.353 e. The fourth-order valence-electron chi connectivity index (χ4n) is 3.09. The van der Waals surface area contributed by atoms with Crippen molar-refractivity contribution in [2.45, 2.75) is 65.0 Å². The molecule has 2 atom stereocenters. The maximum Gasteiger partial charge on any atom is 0.317 e. The molecule has 3 amide bonds. The molecule has 1 saturated carbocycles. The Morgan fingerprint density at radius 2 is 1.90 bits per heavy atom. The first kappa shape index (κ1) is 16.1. The minimum atomic E-state index is 0.0318. The third kappa shape index (κ3) is 4.90. The van der Waals surface area contributed by atoms with Crippen molar-refractivity contribution in [3.8, 4) is 0 Å². The molecule has 2 N–H and O–H groups in total. The molecule has 0 radical (unpaired) electrons. The summed E-state index contributed by atoms with van der Waals surface area (Å²) in [6.45, 7) is 7.64. The van der Waals surface area contributed by atoms with Gasteiger partial charge in [-0.05, 0) is 44.9 Å². The lowest BCUT2D eigenvalue weighted by atomic mass is 9.81. The Morgan fingerprint density at radius 3 is 2.48 bits per heavy atom. The largest absolute Gasteiger partial charge is 0.353 e. The van der Waals surface area contributed by atoms with Crippen LogP contribution in [0.25, 0.3) is 0 Å². The highest BCUT2D eigenvalue weighted by molar-refractivity contribution is 5.77. The summed E-state index contributed by atoms with van der Waals surface area (Å²) in [7, 11) is 0. The molecule has 0 spiro atoms. The number of nitrogens with one attached hydrogen (secondary N) is 2. The van der Waals surface area contributed by atoms with Crippen LogP contribution in [-0.2, 0) is 4.79 Å². The van der Waals surface area contributed by atoms with Crippen LogP contribution in [0.4, 0.5) is 4.79 Å². The van der Waals surface area contributed by atoms with E-state index >= 15 is 0 Å². The Kier molecular flexibility index (Phi) is 5.48. The van der Waals surface area contributed by atoms with Crippen LogP contribution in [0, 0.1) is 11.8 Å². The van der Waals surface area contributed by atoms with Crippen molar-refractivity contribution in [2.75, 3.05) is 13.1 Å². The van der Waals surface area contributed by atoms with E-state index in [0.29, 0.717) is 24.3 Å². The van der Waals surface area contributed by atoms with Gasteiger partial charge in [-0.25, -0.2) is 4.79 Å². The van der Waals surface area contributed by atoms with Gasteiger partial charge in [-0.2, -0.15) is 0 Å². The van der Waals surface area contributed by atoms with Gasteiger partial charge in [0.15, 0.2) is 0 Å². The van der Waals surface area contributed by atoms with Gasteiger partial charge in [-0.15, -0.1) is 0 Å². The lowest BCUT2D eigenvalue weighted by molar-refractivity contribution is -0.123. The minimum absolute atomic E-state index is 0.0318. The molecule has 1 aliphatic carbocycles. The second-order valence-electron chi connectivity index (χ2n) is 6.81. The van der Waals surface area contributed by atoms with E-state index in [4.69, 9.17) is 0 Å². The van der Waals surface area contributed by atoms with E-state index in [1.54, 1.807) is 0 Å². The number of carbonyl (C=O) groups excluding carboxylic acids is 2. The molecule has 2 rings (SSSR count).